The molecular formula is C64H100B4Br2O8. The van der Waals surface area contributed by atoms with Gasteiger partial charge in [0.05, 0.1) is 44.8 Å². The van der Waals surface area contributed by atoms with E-state index in [1.54, 1.807) is 0 Å². The zero-order valence-corrected chi connectivity index (χ0v) is 53.7. The second kappa shape index (κ2) is 24.9. The number of benzene rings is 4. The molecule has 0 aromatic heterocycles. The van der Waals surface area contributed by atoms with Crippen LogP contribution in [0.5, 0.6) is 0 Å². The van der Waals surface area contributed by atoms with Crippen LogP contribution in [0.2, 0.25) is 0 Å². The average molecular weight is 1200 g/mol. The third-order valence-corrected chi connectivity index (χ3v) is 19.0. The molecule has 0 unspecified atom stereocenters. The summed E-state index contributed by atoms with van der Waals surface area (Å²) in [7, 11) is -1.59. The van der Waals surface area contributed by atoms with Crippen molar-refractivity contribution in [1.82, 2.24) is 0 Å². The van der Waals surface area contributed by atoms with Crippen molar-refractivity contribution < 1.29 is 37.2 Å². The Labute approximate surface area is 493 Å². The second-order valence-electron chi connectivity index (χ2n) is 28.1. The van der Waals surface area contributed by atoms with Crippen LogP contribution in [-0.4, -0.2) is 73.1 Å². The van der Waals surface area contributed by atoms with Gasteiger partial charge < -0.3 is 37.2 Å². The Morgan fingerprint density at radius 1 is 0.321 bits per heavy atom. The van der Waals surface area contributed by atoms with Gasteiger partial charge in [-0.25, -0.2) is 0 Å². The van der Waals surface area contributed by atoms with Crippen LogP contribution < -0.4 is 10.9 Å². The lowest BCUT2D eigenvalue weighted by molar-refractivity contribution is 0.00578. The Bertz CT molecular complexity index is 2300. The largest absolute Gasteiger partial charge is 0.494 e. The van der Waals surface area contributed by atoms with Gasteiger partial charge in [0.2, 0.25) is 0 Å². The third kappa shape index (κ3) is 16.5. The van der Waals surface area contributed by atoms with Gasteiger partial charge >= 0.3 is 28.3 Å². The smallest absolute Gasteiger partial charge is 0.405 e. The van der Waals surface area contributed by atoms with Gasteiger partial charge in [-0.3, -0.25) is 0 Å². The van der Waals surface area contributed by atoms with Crippen molar-refractivity contribution in [1.29, 1.82) is 0 Å². The number of halogens is 2. The maximum absolute atomic E-state index is 6.23. The summed E-state index contributed by atoms with van der Waals surface area (Å²) in [5, 5.41) is 0. The first-order valence-corrected chi connectivity index (χ1v) is 29.3. The molecule has 0 radical (unpaired) electrons. The Morgan fingerprint density at radius 3 is 0.692 bits per heavy atom. The van der Waals surface area contributed by atoms with Crippen molar-refractivity contribution in [2.45, 2.75) is 238 Å². The van der Waals surface area contributed by atoms with Crippen molar-refractivity contribution in [2.75, 3.05) is 0 Å². The minimum absolute atomic E-state index is 0. The summed E-state index contributed by atoms with van der Waals surface area (Å²) in [5.41, 5.74) is 5.38. The molecule has 0 spiro atoms. The SMILES string of the molecule is C.C.CC(C)(C)C(Cc1ccc(B2OC(C)(C)C(C)(C)O2)cc1)Cc1ccc(B2OC(C)(C)C(C)(C)O2)cc1.CC(C)(C)C(Cc1ccc(Br)cc1)Cc1ccc(Br)cc1.CC1(C)OB(B2OC(C)(C)C(C)(C)O2)OC1(C)C. The van der Waals surface area contributed by atoms with Crippen molar-refractivity contribution in [3.8, 4) is 0 Å². The normalized spacial score (nSPS) is 21.1. The van der Waals surface area contributed by atoms with Crippen LogP contribution in [0.3, 0.4) is 0 Å². The zero-order valence-electron chi connectivity index (χ0n) is 50.6. The number of hydrogen-bond acceptors (Lipinski definition) is 8. The molecule has 78 heavy (non-hydrogen) atoms. The maximum atomic E-state index is 6.23. The molecule has 4 fully saturated rings. The minimum Gasteiger partial charge on any atom is -0.405 e. The fraction of sp³-hybridized carbons (Fsp3) is 0.625. The van der Waals surface area contributed by atoms with E-state index < -0.39 is 14.0 Å². The molecule has 4 heterocycles. The predicted molar refractivity (Wildman–Crippen MR) is 339 cm³/mol. The molecule has 0 saturated carbocycles. The van der Waals surface area contributed by atoms with Gasteiger partial charge in [0, 0.05) is 8.95 Å². The van der Waals surface area contributed by atoms with E-state index in [0.29, 0.717) is 17.3 Å². The number of rotatable bonds is 11. The first-order valence-electron chi connectivity index (χ1n) is 27.7. The summed E-state index contributed by atoms with van der Waals surface area (Å²) in [5.74, 6) is 1.12. The molecule has 14 heteroatoms. The molecule has 4 aliphatic rings. The lowest BCUT2D eigenvalue weighted by Crippen LogP contribution is -2.41. The lowest BCUT2D eigenvalue weighted by atomic mass is 9.49. The molecule has 0 aliphatic carbocycles. The molecular weight excluding hydrogens is 1100 g/mol. The van der Waals surface area contributed by atoms with Crippen LogP contribution in [0, 0.1) is 22.7 Å². The fourth-order valence-corrected chi connectivity index (χ4v) is 9.86. The summed E-state index contributed by atoms with van der Waals surface area (Å²) in [6.45, 7) is 47.0. The van der Waals surface area contributed by atoms with Crippen LogP contribution in [0.4, 0.5) is 0 Å². The van der Waals surface area contributed by atoms with E-state index in [4.69, 9.17) is 37.2 Å². The molecule has 0 amide bonds. The molecule has 4 saturated heterocycles. The summed E-state index contributed by atoms with van der Waals surface area (Å²) >= 11 is 7.01. The van der Waals surface area contributed by atoms with E-state index in [1.807, 2.05) is 55.4 Å². The third-order valence-electron chi connectivity index (χ3n) is 18.0. The molecule has 8 rings (SSSR count). The Hall–Kier alpha value is -2.22. The van der Waals surface area contributed by atoms with E-state index in [0.717, 1.165) is 45.6 Å². The van der Waals surface area contributed by atoms with Crippen LogP contribution in [0.15, 0.2) is 106 Å². The Kier molecular flexibility index (Phi) is 21.8. The second-order valence-corrected chi connectivity index (χ2v) is 29.9. The topological polar surface area (TPSA) is 73.8 Å². The monoisotopic (exact) mass is 1200 g/mol. The van der Waals surface area contributed by atoms with Crippen molar-refractivity contribution in [2.24, 2.45) is 22.7 Å². The first kappa shape index (κ1) is 68.3. The number of hydrogen-bond donors (Lipinski definition) is 0. The predicted octanol–water partition coefficient (Wildman–Crippen LogP) is 15.9. The average Bonchev–Trinajstić information content (AvgIpc) is 3.84. The molecule has 4 aromatic rings. The summed E-state index contributed by atoms with van der Waals surface area (Å²) in [6, 6.07) is 35.0. The molecule has 430 valence electrons. The summed E-state index contributed by atoms with van der Waals surface area (Å²) < 4.78 is 51.1. The highest BCUT2D eigenvalue weighted by Gasteiger charge is 2.64. The van der Waals surface area contributed by atoms with Gasteiger partial charge in [-0.15, -0.1) is 0 Å². The molecule has 4 aromatic carbocycles. The van der Waals surface area contributed by atoms with Gasteiger partial charge in [-0.1, -0.05) is 161 Å². The van der Waals surface area contributed by atoms with Crippen LogP contribution >= 0.6 is 31.9 Å². The van der Waals surface area contributed by atoms with E-state index in [2.05, 4.69) is 226 Å². The highest BCUT2D eigenvalue weighted by atomic mass is 79.9. The lowest BCUT2D eigenvalue weighted by Gasteiger charge is -2.32. The molecule has 4 aliphatic heterocycles. The maximum Gasteiger partial charge on any atom is 0.494 e. The molecule has 8 nitrogen and oxygen atoms in total. The summed E-state index contributed by atoms with van der Waals surface area (Å²) in [6.07, 6.45) is 4.28. The van der Waals surface area contributed by atoms with E-state index >= 15 is 0 Å². The quantitative estimate of drug-likeness (QED) is 0.138. The highest BCUT2D eigenvalue weighted by molar-refractivity contribution is 9.10. The Balaban J connectivity index is 0.000000272. The summed E-state index contributed by atoms with van der Waals surface area (Å²) in [4.78, 5) is 0. The van der Waals surface area contributed by atoms with Crippen LogP contribution in [-0.2, 0) is 62.9 Å². The minimum atomic E-state index is -0.476. The zero-order chi connectivity index (χ0) is 56.9. The van der Waals surface area contributed by atoms with Gasteiger partial charge in [-0.05, 0) is 217 Å². The van der Waals surface area contributed by atoms with Gasteiger partial charge in [-0.2, -0.15) is 0 Å². The van der Waals surface area contributed by atoms with E-state index in [-0.39, 0.29) is 79.3 Å². The standard InChI is InChI=1S/C31H46B2O4.C19H22Br2.C12H24B2O4.2CH4/c1-27(2,3)24(20-22-12-16-25(17-13-22)32-34-28(4,5)29(6,7)35-32)21-23-14-18-26(19-15-23)33-36-30(8,9)31(10,11)37-33;1-19(2,3)16(12-14-4-8-17(20)9-5-14)13-15-6-10-18(21)11-7-15;1-9(2)10(3,4)16-13(15-9)14-17-11(5,6)12(7,8)18-14;;/h12-19,24H,20-21H2,1-11H3;4-11,16H,12-13H2,1-3H3;1-8H3;2*1H4. The van der Waals surface area contributed by atoms with Gasteiger partial charge in [0.25, 0.3) is 0 Å². The first-order chi connectivity index (χ1) is 34.6. The van der Waals surface area contributed by atoms with E-state index in [9.17, 15) is 0 Å². The van der Waals surface area contributed by atoms with Gasteiger partial charge in [0.1, 0.15) is 0 Å². The fourth-order valence-electron chi connectivity index (χ4n) is 9.33. The molecule has 0 atom stereocenters. The van der Waals surface area contributed by atoms with Crippen molar-refractivity contribution in [3.63, 3.8) is 0 Å². The van der Waals surface area contributed by atoms with Crippen LogP contribution in [0.25, 0.3) is 0 Å². The molecule has 0 N–H and O–H groups in total. The highest BCUT2D eigenvalue weighted by Crippen LogP contribution is 2.44. The van der Waals surface area contributed by atoms with Gasteiger partial charge in [0.15, 0.2) is 0 Å². The van der Waals surface area contributed by atoms with E-state index in [1.165, 1.54) is 22.3 Å². The Morgan fingerprint density at radius 2 is 0.500 bits per heavy atom. The molecule has 0 bridgehead atoms. The van der Waals surface area contributed by atoms with Crippen LogP contribution in [0.1, 0.15) is 189 Å². The van der Waals surface area contributed by atoms with Crippen molar-refractivity contribution in [3.05, 3.63) is 128 Å². The van der Waals surface area contributed by atoms with Crippen molar-refractivity contribution >= 4 is 71.0 Å².